The van der Waals surface area contributed by atoms with Crippen molar-refractivity contribution in [3.05, 3.63) is 90.8 Å². The Morgan fingerprint density at radius 2 is 1.21 bits per heavy atom. The predicted octanol–water partition coefficient (Wildman–Crippen LogP) is 7.53. The maximum atomic E-state index is 12.4. The Labute approximate surface area is 203 Å². The Morgan fingerprint density at radius 1 is 0.647 bits per heavy atom. The second-order valence-corrected chi connectivity index (χ2v) is 9.15. The number of hydrogen-bond donors (Lipinski definition) is 0. The van der Waals surface area contributed by atoms with Gasteiger partial charge in [0.15, 0.2) is 12.4 Å². The molecule has 1 aromatic heterocycles. The summed E-state index contributed by atoms with van der Waals surface area (Å²) >= 11 is 0. The summed E-state index contributed by atoms with van der Waals surface area (Å²) in [6.07, 6.45) is 14.4. The van der Waals surface area contributed by atoms with Gasteiger partial charge in [-0.2, -0.15) is 0 Å². The molecule has 176 valence electrons. The van der Waals surface area contributed by atoms with Crippen molar-refractivity contribution in [3.8, 4) is 0 Å². The average molecular weight is 455 g/mol. The van der Waals surface area contributed by atoms with E-state index in [1.54, 1.807) is 0 Å². The van der Waals surface area contributed by atoms with Crippen LogP contribution in [-0.2, 0) is 22.7 Å². The van der Waals surface area contributed by atoms with E-state index in [2.05, 4.69) is 77.6 Å². The average Bonchev–Trinajstić information content (AvgIpc) is 2.88. The third-order valence-corrected chi connectivity index (χ3v) is 6.58. The Hall–Kier alpha value is -3.20. The number of esters is 1. The summed E-state index contributed by atoms with van der Waals surface area (Å²) < 4.78 is 7.96. The third-order valence-electron chi connectivity index (χ3n) is 6.58. The highest BCUT2D eigenvalue weighted by atomic mass is 16.5. The SMILES string of the molecule is O=C(CCCCCCCCCC[n+]1ccccc1)OCc1c2ccccc2cc2ccccc12. The molecule has 0 fully saturated rings. The van der Waals surface area contributed by atoms with Crippen LogP contribution in [0.25, 0.3) is 21.5 Å². The van der Waals surface area contributed by atoms with Gasteiger partial charge in [-0.1, -0.05) is 86.7 Å². The molecule has 3 heteroatoms. The van der Waals surface area contributed by atoms with E-state index in [1.807, 2.05) is 12.1 Å². The fraction of sp³-hybridized carbons (Fsp3) is 0.355. The topological polar surface area (TPSA) is 30.2 Å². The van der Waals surface area contributed by atoms with Crippen LogP contribution in [0.5, 0.6) is 0 Å². The van der Waals surface area contributed by atoms with Crippen molar-refractivity contribution in [1.82, 2.24) is 0 Å². The molecule has 1 heterocycles. The van der Waals surface area contributed by atoms with Gasteiger partial charge >= 0.3 is 5.97 Å². The first-order valence-electron chi connectivity index (χ1n) is 12.8. The minimum atomic E-state index is -0.0876. The first kappa shape index (κ1) is 23.9. The van der Waals surface area contributed by atoms with E-state index >= 15 is 0 Å². The number of aromatic nitrogens is 1. The molecule has 0 radical (unpaired) electrons. The lowest BCUT2D eigenvalue weighted by molar-refractivity contribution is -0.697. The Morgan fingerprint density at radius 3 is 1.85 bits per heavy atom. The predicted molar refractivity (Wildman–Crippen MR) is 139 cm³/mol. The third kappa shape index (κ3) is 6.90. The van der Waals surface area contributed by atoms with Crippen molar-refractivity contribution in [2.45, 2.75) is 70.9 Å². The van der Waals surface area contributed by atoms with Crippen LogP contribution < -0.4 is 4.57 Å². The number of nitrogens with zero attached hydrogens (tertiary/aromatic N) is 1. The van der Waals surface area contributed by atoms with Crippen molar-refractivity contribution in [2.24, 2.45) is 0 Å². The number of fused-ring (bicyclic) bond motifs is 2. The van der Waals surface area contributed by atoms with Crippen molar-refractivity contribution < 1.29 is 14.1 Å². The number of aryl methyl sites for hydroxylation is 1. The Kier molecular flexibility index (Phi) is 9.07. The maximum Gasteiger partial charge on any atom is 0.306 e. The summed E-state index contributed by atoms with van der Waals surface area (Å²) in [7, 11) is 0. The molecule has 0 N–H and O–H groups in total. The zero-order chi connectivity index (χ0) is 23.4. The fourth-order valence-corrected chi connectivity index (χ4v) is 4.70. The molecule has 3 nitrogen and oxygen atoms in total. The molecule has 0 amide bonds. The van der Waals surface area contributed by atoms with Crippen molar-refractivity contribution in [2.75, 3.05) is 0 Å². The number of rotatable bonds is 13. The zero-order valence-corrected chi connectivity index (χ0v) is 20.1. The van der Waals surface area contributed by atoms with E-state index in [9.17, 15) is 4.79 Å². The summed E-state index contributed by atoms with van der Waals surface area (Å²) in [6, 6.07) is 25.1. The zero-order valence-electron chi connectivity index (χ0n) is 20.1. The lowest BCUT2D eigenvalue weighted by atomic mass is 9.97. The minimum Gasteiger partial charge on any atom is -0.461 e. The molecule has 3 aromatic carbocycles. The standard InChI is InChI=1S/C31H36NO2/c33-31(20-8-5-3-1-2-4-6-13-21-32-22-14-7-15-23-32)34-25-30-28-18-11-9-16-26(28)24-27-17-10-12-19-29(27)30/h7,9-12,14-19,22-24H,1-6,8,13,20-21,25H2/q+1. The molecular weight excluding hydrogens is 418 g/mol. The monoisotopic (exact) mass is 454 g/mol. The smallest absolute Gasteiger partial charge is 0.306 e. The van der Waals surface area contributed by atoms with Crippen molar-refractivity contribution >= 4 is 27.5 Å². The van der Waals surface area contributed by atoms with Gasteiger partial charge in [0.1, 0.15) is 13.2 Å². The van der Waals surface area contributed by atoms with Gasteiger partial charge in [0.2, 0.25) is 0 Å². The number of unbranched alkanes of at least 4 members (excludes halogenated alkanes) is 7. The summed E-state index contributed by atoms with van der Waals surface area (Å²) in [5.41, 5.74) is 1.10. The Balaban J connectivity index is 1.12. The van der Waals surface area contributed by atoms with Crippen LogP contribution in [0, 0.1) is 0 Å². The van der Waals surface area contributed by atoms with Crippen LogP contribution >= 0.6 is 0 Å². The highest BCUT2D eigenvalue weighted by Gasteiger charge is 2.10. The molecule has 0 aliphatic rings. The van der Waals surface area contributed by atoms with Crippen molar-refractivity contribution in [1.29, 1.82) is 0 Å². The molecule has 0 aliphatic heterocycles. The quantitative estimate of drug-likeness (QED) is 0.0904. The lowest BCUT2D eigenvalue weighted by Gasteiger charge is -2.12. The summed E-state index contributed by atoms with van der Waals surface area (Å²) in [5.74, 6) is -0.0876. The van der Waals surface area contributed by atoms with E-state index in [1.165, 1.54) is 49.3 Å². The molecule has 4 rings (SSSR count). The molecule has 0 saturated heterocycles. The van der Waals surface area contributed by atoms with E-state index in [0.717, 1.165) is 35.7 Å². The summed E-state index contributed by atoms with van der Waals surface area (Å²) in [6.45, 7) is 1.44. The number of carbonyl (C=O) groups excluding carboxylic acids is 1. The number of pyridine rings is 1. The fourth-order valence-electron chi connectivity index (χ4n) is 4.70. The van der Waals surface area contributed by atoms with Crippen LogP contribution in [0.15, 0.2) is 85.2 Å². The van der Waals surface area contributed by atoms with E-state index in [0.29, 0.717) is 13.0 Å². The van der Waals surface area contributed by atoms with Crippen LogP contribution in [0.1, 0.15) is 63.4 Å². The largest absolute Gasteiger partial charge is 0.461 e. The number of carbonyl (C=O) groups is 1. The van der Waals surface area contributed by atoms with E-state index < -0.39 is 0 Å². The minimum absolute atomic E-state index is 0.0876. The van der Waals surface area contributed by atoms with Crippen LogP contribution in [-0.4, -0.2) is 5.97 Å². The first-order chi connectivity index (χ1) is 16.8. The summed E-state index contributed by atoms with van der Waals surface area (Å²) in [4.78, 5) is 12.4. The molecule has 0 saturated carbocycles. The molecular formula is C31H36NO2+. The number of hydrogen-bond acceptors (Lipinski definition) is 2. The molecule has 0 atom stereocenters. The first-order valence-corrected chi connectivity index (χ1v) is 12.8. The molecule has 34 heavy (non-hydrogen) atoms. The summed E-state index contributed by atoms with van der Waals surface area (Å²) in [5, 5.41) is 4.70. The highest BCUT2D eigenvalue weighted by molar-refractivity contribution is 6.02. The molecule has 0 aliphatic carbocycles. The Bertz CT molecular complexity index is 1130. The second kappa shape index (κ2) is 12.9. The van der Waals surface area contributed by atoms with Gasteiger partial charge in [-0.3, -0.25) is 4.79 Å². The van der Waals surface area contributed by atoms with Gasteiger partial charge in [-0.05, 0) is 40.5 Å². The number of benzene rings is 3. The van der Waals surface area contributed by atoms with Crippen LogP contribution in [0.3, 0.4) is 0 Å². The molecule has 4 aromatic rings. The second-order valence-electron chi connectivity index (χ2n) is 9.15. The van der Waals surface area contributed by atoms with Gasteiger partial charge in [-0.25, -0.2) is 4.57 Å². The maximum absolute atomic E-state index is 12.4. The molecule has 0 bridgehead atoms. The molecule has 0 spiro atoms. The van der Waals surface area contributed by atoms with Gasteiger partial charge in [0.25, 0.3) is 0 Å². The normalized spacial score (nSPS) is 11.2. The van der Waals surface area contributed by atoms with Gasteiger partial charge < -0.3 is 4.74 Å². The van der Waals surface area contributed by atoms with Gasteiger partial charge in [-0.15, -0.1) is 0 Å². The van der Waals surface area contributed by atoms with Crippen molar-refractivity contribution in [3.63, 3.8) is 0 Å². The van der Waals surface area contributed by atoms with Gasteiger partial charge in [0.05, 0.1) is 0 Å². The van der Waals surface area contributed by atoms with E-state index in [-0.39, 0.29) is 5.97 Å². The van der Waals surface area contributed by atoms with E-state index in [4.69, 9.17) is 4.74 Å². The highest BCUT2D eigenvalue weighted by Crippen LogP contribution is 2.29. The number of ether oxygens (including phenoxy) is 1. The van der Waals surface area contributed by atoms with Crippen LogP contribution in [0.4, 0.5) is 0 Å². The van der Waals surface area contributed by atoms with Crippen LogP contribution in [0.2, 0.25) is 0 Å². The van der Waals surface area contributed by atoms with Gasteiger partial charge in [0, 0.05) is 30.5 Å². The lowest BCUT2D eigenvalue weighted by Crippen LogP contribution is -2.32. The molecule has 0 unspecified atom stereocenters.